The lowest BCUT2D eigenvalue weighted by Crippen LogP contribution is -2.39. The third kappa shape index (κ3) is 2.49. The number of amides is 1. The Labute approximate surface area is 124 Å². The molecule has 1 aliphatic rings. The van der Waals surface area contributed by atoms with Gasteiger partial charge < -0.3 is 10.6 Å². The lowest BCUT2D eigenvalue weighted by Gasteiger charge is -2.33. The molecular formula is C17H19N3O. The van der Waals surface area contributed by atoms with Crippen LogP contribution >= 0.6 is 0 Å². The minimum Gasteiger partial charge on any atom is -0.397 e. The minimum absolute atomic E-state index is 0.0219. The van der Waals surface area contributed by atoms with E-state index >= 15 is 0 Å². The Balaban J connectivity index is 2.04. The van der Waals surface area contributed by atoms with Gasteiger partial charge in [-0.25, -0.2) is 0 Å². The van der Waals surface area contributed by atoms with Crippen LogP contribution in [0.25, 0.3) is 0 Å². The molecule has 1 aromatic carbocycles. The van der Waals surface area contributed by atoms with Gasteiger partial charge in [0.15, 0.2) is 0 Å². The quantitative estimate of drug-likeness (QED) is 0.874. The number of hydrogen-bond acceptors (Lipinski definition) is 3. The number of rotatable bonds is 1. The maximum absolute atomic E-state index is 12.9. The second-order valence-corrected chi connectivity index (χ2v) is 5.76. The van der Waals surface area contributed by atoms with Gasteiger partial charge in [-0.15, -0.1) is 0 Å². The maximum atomic E-state index is 12.9. The molecule has 0 spiro atoms. The van der Waals surface area contributed by atoms with Crippen molar-refractivity contribution in [2.45, 2.75) is 20.3 Å². The van der Waals surface area contributed by atoms with Crippen molar-refractivity contribution < 1.29 is 4.79 Å². The summed E-state index contributed by atoms with van der Waals surface area (Å²) in [4.78, 5) is 19.0. The van der Waals surface area contributed by atoms with Crippen molar-refractivity contribution >= 4 is 17.3 Å². The van der Waals surface area contributed by atoms with Gasteiger partial charge in [0.2, 0.25) is 0 Å². The van der Waals surface area contributed by atoms with Crippen LogP contribution in [-0.2, 0) is 6.42 Å². The number of para-hydroxylation sites is 1. The van der Waals surface area contributed by atoms with Crippen molar-refractivity contribution in [3.8, 4) is 0 Å². The van der Waals surface area contributed by atoms with Gasteiger partial charge in [-0.1, -0.05) is 25.1 Å². The molecule has 1 atom stereocenters. The Morgan fingerprint density at radius 2 is 2.14 bits per heavy atom. The molecule has 108 valence electrons. The van der Waals surface area contributed by atoms with Crippen molar-refractivity contribution in [1.82, 2.24) is 4.98 Å². The summed E-state index contributed by atoms with van der Waals surface area (Å²) in [6, 6.07) is 9.81. The third-order valence-corrected chi connectivity index (χ3v) is 3.93. The minimum atomic E-state index is -0.0219. The molecule has 0 aliphatic carbocycles. The SMILES string of the molecule is Cc1ncc(N)cc1C(=O)N1CC(C)Cc2ccccc21. The number of fused-ring (bicyclic) bond motifs is 1. The highest BCUT2D eigenvalue weighted by Gasteiger charge is 2.27. The number of anilines is 2. The van der Waals surface area contributed by atoms with Crippen molar-refractivity contribution in [3.63, 3.8) is 0 Å². The first-order chi connectivity index (χ1) is 10.1. The monoisotopic (exact) mass is 281 g/mol. The number of aryl methyl sites for hydroxylation is 1. The van der Waals surface area contributed by atoms with Gasteiger partial charge in [0.1, 0.15) is 0 Å². The molecular weight excluding hydrogens is 262 g/mol. The van der Waals surface area contributed by atoms with E-state index in [4.69, 9.17) is 5.73 Å². The molecule has 0 bridgehead atoms. The van der Waals surface area contributed by atoms with Crippen LogP contribution in [0.15, 0.2) is 36.5 Å². The summed E-state index contributed by atoms with van der Waals surface area (Å²) in [5.41, 5.74) is 9.82. The number of hydrogen-bond donors (Lipinski definition) is 1. The molecule has 2 N–H and O–H groups in total. The van der Waals surface area contributed by atoms with Gasteiger partial charge in [0.25, 0.3) is 5.91 Å². The maximum Gasteiger partial charge on any atom is 0.260 e. The van der Waals surface area contributed by atoms with E-state index in [9.17, 15) is 4.79 Å². The van der Waals surface area contributed by atoms with E-state index in [1.807, 2.05) is 30.0 Å². The molecule has 2 heterocycles. The largest absolute Gasteiger partial charge is 0.397 e. The average Bonchev–Trinajstić information content (AvgIpc) is 2.48. The van der Waals surface area contributed by atoms with Crippen molar-refractivity contribution in [2.75, 3.05) is 17.2 Å². The highest BCUT2D eigenvalue weighted by molar-refractivity contribution is 6.07. The third-order valence-electron chi connectivity index (χ3n) is 3.93. The summed E-state index contributed by atoms with van der Waals surface area (Å²) >= 11 is 0. The zero-order chi connectivity index (χ0) is 15.0. The fourth-order valence-electron chi connectivity index (χ4n) is 2.90. The van der Waals surface area contributed by atoms with Crippen molar-refractivity contribution in [2.24, 2.45) is 5.92 Å². The second kappa shape index (κ2) is 5.20. The zero-order valence-corrected chi connectivity index (χ0v) is 12.3. The van der Waals surface area contributed by atoms with E-state index < -0.39 is 0 Å². The summed E-state index contributed by atoms with van der Waals surface area (Å²) < 4.78 is 0. The van der Waals surface area contributed by atoms with E-state index in [0.29, 0.717) is 22.9 Å². The van der Waals surface area contributed by atoms with Crippen LogP contribution in [0, 0.1) is 12.8 Å². The predicted octanol–water partition coefficient (Wildman–Crippen LogP) is 2.81. The number of pyridine rings is 1. The standard InChI is InChI=1S/C17H19N3O/c1-11-7-13-5-3-4-6-16(13)20(10-11)17(21)15-8-14(18)9-19-12(15)2/h3-6,8-9,11H,7,10,18H2,1-2H3. The number of benzene rings is 1. The average molecular weight is 281 g/mol. The van der Waals surface area contributed by atoms with Crippen LogP contribution in [0.4, 0.5) is 11.4 Å². The van der Waals surface area contributed by atoms with E-state index in [1.54, 1.807) is 12.3 Å². The summed E-state index contributed by atoms with van der Waals surface area (Å²) in [5.74, 6) is 0.421. The predicted molar refractivity (Wildman–Crippen MR) is 84.4 cm³/mol. The molecule has 2 aromatic rings. The number of nitrogens with two attached hydrogens (primary N) is 1. The fraction of sp³-hybridized carbons (Fsp3) is 0.294. The summed E-state index contributed by atoms with van der Waals surface area (Å²) in [6.45, 7) is 4.73. The molecule has 0 fully saturated rings. The lowest BCUT2D eigenvalue weighted by molar-refractivity contribution is 0.0980. The fourth-order valence-corrected chi connectivity index (χ4v) is 2.90. The molecule has 1 aliphatic heterocycles. The van der Waals surface area contributed by atoms with Crippen LogP contribution in [0.2, 0.25) is 0 Å². The number of nitrogen functional groups attached to an aromatic ring is 1. The number of carbonyl (C=O) groups is 1. The first kappa shape index (κ1) is 13.6. The molecule has 4 heteroatoms. The van der Waals surface area contributed by atoms with Gasteiger partial charge in [-0.3, -0.25) is 9.78 Å². The summed E-state index contributed by atoms with van der Waals surface area (Å²) in [5, 5.41) is 0. The second-order valence-electron chi connectivity index (χ2n) is 5.76. The Kier molecular flexibility index (Phi) is 3.37. The first-order valence-corrected chi connectivity index (χ1v) is 7.18. The normalized spacial score (nSPS) is 17.4. The Hall–Kier alpha value is -2.36. The molecule has 0 radical (unpaired) electrons. The Morgan fingerprint density at radius 1 is 1.38 bits per heavy atom. The van der Waals surface area contributed by atoms with Crippen LogP contribution in [-0.4, -0.2) is 17.4 Å². The van der Waals surface area contributed by atoms with Crippen LogP contribution in [0.5, 0.6) is 0 Å². The highest BCUT2D eigenvalue weighted by Crippen LogP contribution is 2.31. The van der Waals surface area contributed by atoms with Crippen LogP contribution < -0.4 is 10.6 Å². The number of nitrogens with zero attached hydrogens (tertiary/aromatic N) is 2. The summed E-state index contributed by atoms with van der Waals surface area (Å²) in [7, 11) is 0. The molecule has 4 nitrogen and oxygen atoms in total. The first-order valence-electron chi connectivity index (χ1n) is 7.18. The van der Waals surface area contributed by atoms with Gasteiger partial charge >= 0.3 is 0 Å². The van der Waals surface area contributed by atoms with Crippen LogP contribution in [0.3, 0.4) is 0 Å². The van der Waals surface area contributed by atoms with E-state index in [2.05, 4.69) is 18.0 Å². The van der Waals surface area contributed by atoms with E-state index in [1.165, 1.54) is 5.56 Å². The van der Waals surface area contributed by atoms with Gasteiger partial charge in [-0.05, 0) is 37.0 Å². The molecule has 3 rings (SSSR count). The Bertz CT molecular complexity index is 696. The molecule has 21 heavy (non-hydrogen) atoms. The van der Waals surface area contributed by atoms with Crippen LogP contribution in [0.1, 0.15) is 28.5 Å². The highest BCUT2D eigenvalue weighted by atomic mass is 16.2. The number of aromatic nitrogens is 1. The lowest BCUT2D eigenvalue weighted by atomic mass is 9.93. The molecule has 1 aromatic heterocycles. The summed E-state index contributed by atoms with van der Waals surface area (Å²) in [6.07, 6.45) is 2.59. The van der Waals surface area contributed by atoms with Gasteiger partial charge in [0.05, 0.1) is 23.1 Å². The molecule has 0 saturated carbocycles. The van der Waals surface area contributed by atoms with Gasteiger partial charge in [-0.2, -0.15) is 0 Å². The molecule has 1 amide bonds. The zero-order valence-electron chi connectivity index (χ0n) is 12.3. The molecule has 0 saturated heterocycles. The smallest absolute Gasteiger partial charge is 0.260 e. The topological polar surface area (TPSA) is 59.2 Å². The number of carbonyl (C=O) groups excluding carboxylic acids is 1. The molecule has 1 unspecified atom stereocenters. The van der Waals surface area contributed by atoms with Gasteiger partial charge in [0, 0.05) is 12.2 Å². The van der Waals surface area contributed by atoms with Crippen molar-refractivity contribution in [1.29, 1.82) is 0 Å². The van der Waals surface area contributed by atoms with E-state index in [0.717, 1.165) is 18.7 Å². The Morgan fingerprint density at radius 3 is 2.95 bits per heavy atom. The van der Waals surface area contributed by atoms with E-state index in [-0.39, 0.29) is 5.91 Å². The van der Waals surface area contributed by atoms with Crippen molar-refractivity contribution in [3.05, 3.63) is 53.3 Å².